The Morgan fingerprint density at radius 1 is 1.31 bits per heavy atom. The summed E-state index contributed by atoms with van der Waals surface area (Å²) in [4.78, 5) is 21.8. The molecule has 0 unspecified atom stereocenters. The molecule has 0 bridgehead atoms. The second kappa shape index (κ2) is 8.00. The summed E-state index contributed by atoms with van der Waals surface area (Å²) in [6, 6.07) is 9.38. The van der Waals surface area contributed by atoms with Crippen molar-refractivity contribution < 1.29 is 9.53 Å². The van der Waals surface area contributed by atoms with Crippen LogP contribution in [0.25, 0.3) is 11.0 Å². The number of anilines is 1. The van der Waals surface area contributed by atoms with Crippen molar-refractivity contribution in [2.24, 2.45) is 0 Å². The summed E-state index contributed by atoms with van der Waals surface area (Å²) in [6.45, 7) is 6.27. The van der Waals surface area contributed by atoms with Crippen molar-refractivity contribution in [2.45, 2.75) is 33.4 Å². The molecule has 148 valence electrons. The first-order valence-electron chi connectivity index (χ1n) is 9.28. The summed E-state index contributed by atoms with van der Waals surface area (Å²) >= 11 is 1.52. The van der Waals surface area contributed by atoms with Crippen LogP contribution in [0.15, 0.2) is 47.4 Å². The largest absolute Gasteiger partial charge is 0.485 e. The molecular formula is C21H21N5O2S. The van der Waals surface area contributed by atoms with E-state index >= 15 is 0 Å². The highest BCUT2D eigenvalue weighted by Gasteiger charge is 2.17. The molecule has 4 aromatic rings. The average Bonchev–Trinajstić information content (AvgIpc) is 3.36. The fourth-order valence-corrected chi connectivity index (χ4v) is 3.56. The van der Waals surface area contributed by atoms with Gasteiger partial charge in [-0.05, 0) is 39.0 Å². The maximum atomic E-state index is 13.0. The van der Waals surface area contributed by atoms with Crippen LogP contribution in [0, 0.1) is 6.92 Å². The maximum Gasteiger partial charge on any atom is 0.257 e. The van der Waals surface area contributed by atoms with Crippen molar-refractivity contribution in [1.29, 1.82) is 0 Å². The van der Waals surface area contributed by atoms with E-state index < -0.39 is 0 Å². The highest BCUT2D eigenvalue weighted by molar-refractivity contribution is 7.07. The van der Waals surface area contributed by atoms with Gasteiger partial charge in [-0.15, -0.1) is 11.3 Å². The van der Waals surface area contributed by atoms with Crippen LogP contribution < -0.4 is 10.1 Å². The highest BCUT2D eigenvalue weighted by atomic mass is 32.1. The number of fused-ring (bicyclic) bond motifs is 1. The van der Waals surface area contributed by atoms with E-state index in [1.807, 2.05) is 61.2 Å². The van der Waals surface area contributed by atoms with E-state index in [9.17, 15) is 4.79 Å². The van der Waals surface area contributed by atoms with Crippen LogP contribution in [0.5, 0.6) is 5.75 Å². The van der Waals surface area contributed by atoms with Gasteiger partial charge in [0.15, 0.2) is 5.65 Å². The van der Waals surface area contributed by atoms with E-state index in [0.717, 1.165) is 16.7 Å². The van der Waals surface area contributed by atoms with Gasteiger partial charge in [0.2, 0.25) is 0 Å². The monoisotopic (exact) mass is 407 g/mol. The van der Waals surface area contributed by atoms with Crippen molar-refractivity contribution in [1.82, 2.24) is 19.7 Å². The lowest BCUT2D eigenvalue weighted by Crippen LogP contribution is -2.15. The zero-order valence-electron chi connectivity index (χ0n) is 16.4. The van der Waals surface area contributed by atoms with Crippen molar-refractivity contribution in [3.05, 3.63) is 64.4 Å². The van der Waals surface area contributed by atoms with Crippen LogP contribution in [0.4, 0.5) is 5.69 Å². The Morgan fingerprint density at radius 3 is 2.90 bits per heavy atom. The number of hydrogen-bond donors (Lipinski definition) is 1. The fourth-order valence-electron chi connectivity index (χ4n) is 3.02. The Morgan fingerprint density at radius 2 is 2.14 bits per heavy atom. The predicted molar refractivity (Wildman–Crippen MR) is 113 cm³/mol. The molecule has 0 spiro atoms. The summed E-state index contributed by atoms with van der Waals surface area (Å²) in [7, 11) is 0. The molecule has 0 radical (unpaired) electrons. The standard InChI is InChI=1S/C21H21N5O2S/c1-13(2)26-20-15(9-23-26)8-17(14(3)24-20)21(27)25-18-6-4-5-7-19(18)28-10-16-11-29-12-22-16/h4-9,11-13H,10H2,1-3H3,(H,25,27). The minimum Gasteiger partial charge on any atom is -0.485 e. The molecule has 0 aliphatic rings. The first-order valence-corrected chi connectivity index (χ1v) is 10.2. The molecule has 4 rings (SSSR count). The van der Waals surface area contributed by atoms with Crippen LogP contribution in [0.3, 0.4) is 0 Å². The topological polar surface area (TPSA) is 81.9 Å². The number of thiazole rings is 1. The minimum absolute atomic E-state index is 0.195. The zero-order chi connectivity index (χ0) is 20.4. The third kappa shape index (κ3) is 3.97. The predicted octanol–water partition coefficient (Wildman–Crippen LogP) is 4.61. The molecule has 0 aliphatic carbocycles. The van der Waals surface area contributed by atoms with E-state index in [1.165, 1.54) is 11.3 Å². The molecule has 3 heterocycles. The van der Waals surface area contributed by atoms with E-state index in [0.29, 0.717) is 29.3 Å². The van der Waals surface area contributed by atoms with Gasteiger partial charge in [-0.25, -0.2) is 14.6 Å². The van der Waals surface area contributed by atoms with E-state index in [1.54, 1.807) is 11.7 Å². The van der Waals surface area contributed by atoms with Gasteiger partial charge in [0.25, 0.3) is 5.91 Å². The number of hydrogen-bond acceptors (Lipinski definition) is 6. The smallest absolute Gasteiger partial charge is 0.257 e. The molecule has 0 aliphatic heterocycles. The second-order valence-corrected chi connectivity index (χ2v) is 7.65. The van der Waals surface area contributed by atoms with Gasteiger partial charge >= 0.3 is 0 Å². The summed E-state index contributed by atoms with van der Waals surface area (Å²) in [5.41, 5.74) is 5.16. The van der Waals surface area contributed by atoms with Gasteiger partial charge in [0.1, 0.15) is 12.4 Å². The third-order valence-electron chi connectivity index (χ3n) is 4.49. The summed E-state index contributed by atoms with van der Waals surface area (Å²) in [5, 5.41) is 10.1. The number of carbonyl (C=O) groups excluding carboxylic acids is 1. The Balaban J connectivity index is 1.57. The normalized spacial score (nSPS) is 11.2. The first kappa shape index (κ1) is 19.1. The minimum atomic E-state index is -0.237. The summed E-state index contributed by atoms with van der Waals surface area (Å²) < 4.78 is 7.70. The molecule has 0 saturated carbocycles. The van der Waals surface area contributed by atoms with Crippen molar-refractivity contribution in [3.8, 4) is 5.75 Å². The van der Waals surface area contributed by atoms with E-state index in [4.69, 9.17) is 4.74 Å². The molecule has 8 heteroatoms. The van der Waals surface area contributed by atoms with Gasteiger partial charge in [-0.1, -0.05) is 12.1 Å². The lowest BCUT2D eigenvalue weighted by molar-refractivity contribution is 0.102. The van der Waals surface area contributed by atoms with Gasteiger partial charge in [-0.3, -0.25) is 4.79 Å². The molecule has 1 aromatic carbocycles. The molecule has 1 N–H and O–H groups in total. The molecule has 1 amide bonds. The van der Waals surface area contributed by atoms with Crippen LogP contribution in [0.1, 0.15) is 41.6 Å². The molecule has 3 aromatic heterocycles. The number of ether oxygens (including phenoxy) is 1. The molecule has 0 fully saturated rings. The summed E-state index contributed by atoms with van der Waals surface area (Å²) in [6.07, 6.45) is 1.74. The van der Waals surface area contributed by atoms with Crippen LogP contribution in [0.2, 0.25) is 0 Å². The summed E-state index contributed by atoms with van der Waals surface area (Å²) in [5.74, 6) is 0.354. The lowest BCUT2D eigenvalue weighted by Gasteiger charge is -2.13. The van der Waals surface area contributed by atoms with Crippen molar-refractivity contribution >= 4 is 34.0 Å². The van der Waals surface area contributed by atoms with Crippen LogP contribution in [-0.2, 0) is 6.61 Å². The van der Waals surface area contributed by atoms with E-state index in [2.05, 4.69) is 20.4 Å². The Bertz CT molecular complexity index is 1150. The van der Waals surface area contributed by atoms with Crippen molar-refractivity contribution in [3.63, 3.8) is 0 Å². The Hall–Kier alpha value is -3.26. The van der Waals surface area contributed by atoms with Gasteiger partial charge in [0.05, 0.1) is 34.3 Å². The molecule has 29 heavy (non-hydrogen) atoms. The quantitative estimate of drug-likeness (QED) is 0.505. The number of para-hydroxylation sites is 2. The number of aryl methyl sites for hydroxylation is 1. The number of rotatable bonds is 6. The molecule has 0 atom stereocenters. The Kier molecular flexibility index (Phi) is 5.26. The molecule has 7 nitrogen and oxygen atoms in total. The maximum absolute atomic E-state index is 13.0. The highest BCUT2D eigenvalue weighted by Crippen LogP contribution is 2.26. The third-order valence-corrected chi connectivity index (χ3v) is 5.12. The SMILES string of the molecule is Cc1nc2c(cnn2C(C)C)cc1C(=O)Nc1ccccc1OCc1cscn1. The number of aromatic nitrogens is 4. The van der Waals surface area contributed by atoms with Crippen LogP contribution >= 0.6 is 11.3 Å². The van der Waals surface area contributed by atoms with E-state index in [-0.39, 0.29) is 11.9 Å². The second-order valence-electron chi connectivity index (χ2n) is 6.94. The molecular weight excluding hydrogens is 386 g/mol. The number of pyridine rings is 1. The van der Waals surface area contributed by atoms with Gasteiger partial charge < -0.3 is 10.1 Å². The lowest BCUT2D eigenvalue weighted by atomic mass is 10.1. The Labute approximate surface area is 172 Å². The number of nitrogens with zero attached hydrogens (tertiary/aromatic N) is 4. The number of carbonyl (C=O) groups is 1. The number of benzene rings is 1. The molecule has 0 saturated heterocycles. The van der Waals surface area contributed by atoms with Gasteiger partial charge in [-0.2, -0.15) is 5.10 Å². The first-order chi connectivity index (χ1) is 14.0. The van der Waals surface area contributed by atoms with Crippen molar-refractivity contribution in [2.75, 3.05) is 5.32 Å². The van der Waals surface area contributed by atoms with Gasteiger partial charge in [0, 0.05) is 16.8 Å². The number of amides is 1. The fraction of sp³-hybridized carbons (Fsp3) is 0.238. The zero-order valence-corrected chi connectivity index (χ0v) is 17.2. The van der Waals surface area contributed by atoms with Crippen LogP contribution in [-0.4, -0.2) is 25.7 Å². The number of nitrogens with one attached hydrogen (secondary N) is 1. The average molecular weight is 407 g/mol.